The maximum atomic E-state index is 9.93. The highest BCUT2D eigenvalue weighted by atomic mass is 32.2. The fourth-order valence-electron chi connectivity index (χ4n) is 3.08. The molecule has 8 nitrogen and oxygen atoms in total. The smallest absolute Gasteiger partial charge is 0.146 e. The van der Waals surface area contributed by atoms with Crippen LogP contribution in [0.1, 0.15) is 18.1 Å². The number of hydrogen-bond acceptors (Lipinski definition) is 9. The number of rotatable bonds is 8. The Bertz CT molecular complexity index is 992. The maximum Gasteiger partial charge on any atom is 0.146 e. The molecule has 0 bridgehead atoms. The first-order chi connectivity index (χ1) is 14.7. The topological polar surface area (TPSA) is 113 Å². The fourth-order valence-corrected chi connectivity index (χ4v) is 4.12. The molecule has 1 N–H and O–H groups in total. The number of aromatic nitrogens is 2. The molecular weight excluding hydrogens is 402 g/mol. The number of hydrogen-bond donors (Lipinski definition) is 1. The fraction of sp³-hybridized carbons (Fsp3) is 0.429. The van der Waals surface area contributed by atoms with E-state index in [-0.39, 0.29) is 6.10 Å². The zero-order valence-electron chi connectivity index (χ0n) is 16.6. The van der Waals surface area contributed by atoms with Crippen LogP contribution < -0.4 is 10.1 Å². The lowest BCUT2D eigenvalue weighted by atomic mass is 10.0. The first-order valence-corrected chi connectivity index (χ1v) is 10.8. The maximum absolute atomic E-state index is 9.93. The second kappa shape index (κ2) is 9.31. The Balaban J connectivity index is 1.72. The molecule has 2 aromatic rings. The number of nitrogens with one attached hydrogen (secondary N) is 1. The molecule has 2 aromatic heterocycles. The van der Waals surface area contributed by atoms with Crippen molar-refractivity contribution in [3.63, 3.8) is 0 Å². The molecule has 4 rings (SSSR count). The van der Waals surface area contributed by atoms with Gasteiger partial charge in [0.15, 0.2) is 0 Å². The first kappa shape index (κ1) is 20.4. The van der Waals surface area contributed by atoms with Crippen LogP contribution in [0.4, 0.5) is 5.82 Å². The van der Waals surface area contributed by atoms with Crippen molar-refractivity contribution in [2.45, 2.75) is 18.1 Å². The van der Waals surface area contributed by atoms with E-state index in [1.54, 1.807) is 18.3 Å². The van der Waals surface area contributed by atoms with Crippen molar-refractivity contribution in [3.05, 3.63) is 29.5 Å². The van der Waals surface area contributed by atoms with Crippen molar-refractivity contribution in [1.82, 2.24) is 9.97 Å². The molecule has 0 atom stereocenters. The third-order valence-electron chi connectivity index (χ3n) is 4.80. The summed E-state index contributed by atoms with van der Waals surface area (Å²) in [6, 6.07) is 8.03. The average molecular weight is 423 g/mol. The Labute approximate surface area is 179 Å². The largest absolute Gasteiger partial charge is 0.484 e. The Hall–Kier alpha value is -2.85. The van der Waals surface area contributed by atoms with E-state index in [2.05, 4.69) is 27.4 Å². The van der Waals surface area contributed by atoms with Gasteiger partial charge in [-0.1, -0.05) is 0 Å². The van der Waals surface area contributed by atoms with Gasteiger partial charge in [0.1, 0.15) is 40.4 Å². The van der Waals surface area contributed by atoms with Crippen molar-refractivity contribution in [2.75, 3.05) is 44.0 Å². The molecule has 0 aliphatic carbocycles. The van der Waals surface area contributed by atoms with Crippen LogP contribution >= 0.6 is 11.8 Å². The average Bonchev–Trinajstić information content (AvgIpc) is 2.70. The highest BCUT2D eigenvalue weighted by Gasteiger charge is 2.25. The minimum Gasteiger partial charge on any atom is -0.484 e. The second-order valence-corrected chi connectivity index (χ2v) is 8.02. The Morgan fingerprint density at radius 1 is 1.17 bits per heavy atom. The van der Waals surface area contributed by atoms with E-state index >= 15 is 0 Å². The summed E-state index contributed by atoms with van der Waals surface area (Å²) in [6.45, 7) is 5.15. The van der Waals surface area contributed by atoms with Gasteiger partial charge in [-0.3, -0.25) is 4.98 Å². The van der Waals surface area contributed by atoms with Crippen LogP contribution in [0.25, 0.3) is 11.3 Å². The normalized spacial score (nSPS) is 16.1. The minimum atomic E-state index is 0.0433. The summed E-state index contributed by atoms with van der Waals surface area (Å²) in [6.07, 6.45) is 1.66. The summed E-state index contributed by atoms with van der Waals surface area (Å²) < 4.78 is 16.1. The Kier molecular flexibility index (Phi) is 6.34. The predicted octanol–water partition coefficient (Wildman–Crippen LogP) is 2.83. The SMILES string of the molecule is CCNc1nc(SCC2COC2)c(C#N)c(-c2ccc(OC3COC3)cn2)c1C#N. The van der Waals surface area contributed by atoms with Gasteiger partial charge in [0.05, 0.1) is 43.9 Å². The number of pyridine rings is 2. The third-order valence-corrected chi connectivity index (χ3v) is 6.00. The van der Waals surface area contributed by atoms with Gasteiger partial charge in [-0.2, -0.15) is 10.5 Å². The van der Waals surface area contributed by atoms with E-state index in [0.717, 1.165) is 19.0 Å². The molecule has 9 heteroatoms. The third kappa shape index (κ3) is 4.19. The minimum absolute atomic E-state index is 0.0433. The molecule has 154 valence electrons. The van der Waals surface area contributed by atoms with Gasteiger partial charge >= 0.3 is 0 Å². The molecule has 0 radical (unpaired) electrons. The van der Waals surface area contributed by atoms with Crippen LogP contribution in [0.5, 0.6) is 5.75 Å². The van der Waals surface area contributed by atoms with Gasteiger partial charge in [-0.15, -0.1) is 11.8 Å². The van der Waals surface area contributed by atoms with Crippen molar-refractivity contribution < 1.29 is 14.2 Å². The number of nitrogens with zero attached hydrogens (tertiary/aromatic N) is 4. The highest BCUT2D eigenvalue weighted by molar-refractivity contribution is 7.99. The summed E-state index contributed by atoms with van der Waals surface area (Å²) in [4.78, 5) is 9.09. The quantitative estimate of drug-likeness (QED) is 0.640. The lowest BCUT2D eigenvalue weighted by molar-refractivity contribution is -0.0797. The van der Waals surface area contributed by atoms with Crippen LogP contribution in [0.2, 0.25) is 0 Å². The molecule has 2 aliphatic rings. The van der Waals surface area contributed by atoms with Crippen LogP contribution in [0, 0.1) is 28.6 Å². The van der Waals surface area contributed by atoms with E-state index in [0.29, 0.717) is 64.7 Å². The molecule has 2 fully saturated rings. The van der Waals surface area contributed by atoms with E-state index in [4.69, 9.17) is 14.2 Å². The second-order valence-electron chi connectivity index (χ2n) is 7.02. The van der Waals surface area contributed by atoms with Gasteiger partial charge in [0.2, 0.25) is 0 Å². The summed E-state index contributed by atoms with van der Waals surface area (Å²) in [5.74, 6) is 2.36. The molecule has 0 unspecified atom stereocenters. The van der Waals surface area contributed by atoms with Crippen LogP contribution in [0.15, 0.2) is 23.4 Å². The number of nitriles is 2. The van der Waals surface area contributed by atoms with Crippen LogP contribution in [0.3, 0.4) is 0 Å². The molecule has 0 spiro atoms. The molecular formula is C21H21N5O3S. The summed E-state index contributed by atoms with van der Waals surface area (Å²) in [5, 5.41) is 23.5. The summed E-state index contributed by atoms with van der Waals surface area (Å²) >= 11 is 1.52. The lowest BCUT2D eigenvalue weighted by Crippen LogP contribution is -2.38. The van der Waals surface area contributed by atoms with Gasteiger partial charge in [-0.25, -0.2) is 4.98 Å². The van der Waals surface area contributed by atoms with E-state index in [9.17, 15) is 10.5 Å². The molecule has 2 aliphatic heterocycles. The predicted molar refractivity (Wildman–Crippen MR) is 111 cm³/mol. The molecule has 0 aromatic carbocycles. The van der Waals surface area contributed by atoms with Crippen molar-refractivity contribution >= 4 is 17.6 Å². The molecule has 4 heterocycles. The summed E-state index contributed by atoms with van der Waals surface area (Å²) in [5.41, 5.74) is 1.72. The van der Waals surface area contributed by atoms with Gasteiger partial charge in [-0.05, 0) is 19.1 Å². The van der Waals surface area contributed by atoms with E-state index < -0.39 is 0 Å². The van der Waals surface area contributed by atoms with E-state index in [1.165, 1.54) is 11.8 Å². The Morgan fingerprint density at radius 2 is 1.93 bits per heavy atom. The van der Waals surface area contributed by atoms with E-state index in [1.807, 2.05) is 6.92 Å². The molecule has 2 saturated heterocycles. The number of thioether (sulfide) groups is 1. The van der Waals surface area contributed by atoms with Crippen LogP contribution in [-0.4, -0.2) is 54.8 Å². The molecule has 0 saturated carbocycles. The van der Waals surface area contributed by atoms with Crippen molar-refractivity contribution in [1.29, 1.82) is 10.5 Å². The van der Waals surface area contributed by atoms with Gasteiger partial charge in [0.25, 0.3) is 0 Å². The monoisotopic (exact) mass is 423 g/mol. The molecule has 0 amide bonds. The highest BCUT2D eigenvalue weighted by Crippen LogP contribution is 2.37. The van der Waals surface area contributed by atoms with Crippen molar-refractivity contribution in [2.24, 2.45) is 5.92 Å². The van der Waals surface area contributed by atoms with Gasteiger partial charge in [0, 0.05) is 23.8 Å². The summed E-state index contributed by atoms with van der Waals surface area (Å²) in [7, 11) is 0. The molecule has 30 heavy (non-hydrogen) atoms. The zero-order valence-corrected chi connectivity index (χ0v) is 17.4. The number of anilines is 1. The first-order valence-electron chi connectivity index (χ1n) is 9.76. The lowest BCUT2D eigenvalue weighted by Gasteiger charge is -2.26. The zero-order chi connectivity index (χ0) is 20.9. The number of ether oxygens (including phenoxy) is 3. The Morgan fingerprint density at radius 3 is 2.47 bits per heavy atom. The van der Waals surface area contributed by atoms with Gasteiger partial charge < -0.3 is 19.5 Å². The standard InChI is InChI=1S/C21H21N5O3S/c1-2-24-20-16(5-22)19(17(6-23)21(26-20)30-12-13-8-27-9-13)18-4-3-14(7-25-18)29-15-10-28-11-15/h3-4,7,13,15H,2,8-12H2,1H3,(H,24,26). The van der Waals surface area contributed by atoms with Crippen molar-refractivity contribution in [3.8, 4) is 29.1 Å². The van der Waals surface area contributed by atoms with Crippen LogP contribution in [-0.2, 0) is 9.47 Å².